The summed E-state index contributed by atoms with van der Waals surface area (Å²) >= 11 is 0. The number of hydrogen-bond acceptors (Lipinski definition) is 7. The Hall–Kier alpha value is -3.67. The SMILES string of the molecule is CCN1C[C@@H](CC(=O)Cc2c(C)c(OCC3CCN(C(=O)CO)CC3)nn2-c2ccccc2)[C@H](c2ccc(F)c(F)c2)O1. The summed E-state index contributed by atoms with van der Waals surface area (Å²) < 4.78 is 35.6. The number of aliphatic hydroxyl groups is 1. The minimum atomic E-state index is -0.944. The third-order valence-corrected chi connectivity index (χ3v) is 8.37. The molecule has 2 atom stereocenters. The predicted octanol–water partition coefficient (Wildman–Crippen LogP) is 4.19. The molecule has 2 aliphatic rings. The highest BCUT2D eigenvalue weighted by Gasteiger charge is 2.37. The summed E-state index contributed by atoms with van der Waals surface area (Å²) in [7, 11) is 0. The van der Waals surface area contributed by atoms with Gasteiger partial charge in [0.05, 0.1) is 18.0 Å². The highest BCUT2D eigenvalue weighted by atomic mass is 19.2. The van der Waals surface area contributed by atoms with Gasteiger partial charge in [-0.1, -0.05) is 31.2 Å². The summed E-state index contributed by atoms with van der Waals surface area (Å²) in [5.74, 6) is -1.68. The molecule has 0 saturated carbocycles. The third kappa shape index (κ3) is 7.11. The van der Waals surface area contributed by atoms with E-state index in [9.17, 15) is 18.4 Å². The molecule has 9 nitrogen and oxygen atoms in total. The summed E-state index contributed by atoms with van der Waals surface area (Å²) in [5.41, 5.74) is 2.81. The van der Waals surface area contributed by atoms with E-state index in [0.29, 0.717) is 44.2 Å². The predicted molar refractivity (Wildman–Crippen MR) is 154 cm³/mol. The minimum absolute atomic E-state index is 0.0215. The van der Waals surface area contributed by atoms with E-state index in [4.69, 9.17) is 19.8 Å². The first-order chi connectivity index (χ1) is 20.8. The Bertz CT molecular complexity index is 1420. The first kappa shape index (κ1) is 30.8. The molecule has 3 heterocycles. The van der Waals surface area contributed by atoms with Gasteiger partial charge < -0.3 is 14.7 Å². The number of hydrogen-bond donors (Lipinski definition) is 1. The second-order valence-electron chi connectivity index (χ2n) is 11.3. The van der Waals surface area contributed by atoms with Crippen LogP contribution >= 0.6 is 0 Å². The van der Waals surface area contributed by atoms with Crippen LogP contribution in [-0.4, -0.2) is 75.9 Å². The molecule has 1 N–H and O–H groups in total. The smallest absolute Gasteiger partial charge is 0.248 e. The number of ketones is 1. The number of aliphatic hydroxyl groups excluding tert-OH is 1. The van der Waals surface area contributed by atoms with Crippen molar-refractivity contribution in [3.05, 3.63) is 77.0 Å². The van der Waals surface area contributed by atoms with E-state index in [-0.39, 0.29) is 36.4 Å². The maximum absolute atomic E-state index is 14.0. The highest BCUT2D eigenvalue weighted by Crippen LogP contribution is 2.37. The van der Waals surface area contributed by atoms with Crippen LogP contribution < -0.4 is 4.74 Å². The van der Waals surface area contributed by atoms with Gasteiger partial charge in [-0.05, 0) is 55.5 Å². The number of likely N-dealkylation sites (tertiary alicyclic amines) is 1. The number of halogens is 2. The van der Waals surface area contributed by atoms with Crippen LogP contribution in [0.1, 0.15) is 49.1 Å². The van der Waals surface area contributed by atoms with Crippen molar-refractivity contribution in [2.45, 2.75) is 45.6 Å². The lowest BCUT2D eigenvalue weighted by molar-refractivity contribution is -0.146. The molecule has 0 aliphatic carbocycles. The van der Waals surface area contributed by atoms with Gasteiger partial charge in [-0.2, -0.15) is 5.06 Å². The number of para-hydroxylation sites is 1. The van der Waals surface area contributed by atoms with Crippen molar-refractivity contribution in [2.75, 3.05) is 39.4 Å². The van der Waals surface area contributed by atoms with Gasteiger partial charge in [-0.15, -0.1) is 5.10 Å². The fraction of sp³-hybridized carbons (Fsp3) is 0.469. The zero-order chi connectivity index (χ0) is 30.5. The summed E-state index contributed by atoms with van der Waals surface area (Å²) in [5, 5.41) is 15.6. The molecule has 2 aromatic carbocycles. The van der Waals surface area contributed by atoms with E-state index in [1.807, 2.05) is 44.2 Å². The molecule has 230 valence electrons. The Morgan fingerprint density at radius 3 is 2.51 bits per heavy atom. The topological polar surface area (TPSA) is 97.1 Å². The lowest BCUT2D eigenvalue weighted by atomic mass is 9.90. The van der Waals surface area contributed by atoms with E-state index < -0.39 is 24.3 Å². The lowest BCUT2D eigenvalue weighted by Gasteiger charge is -2.31. The van der Waals surface area contributed by atoms with Crippen molar-refractivity contribution in [1.82, 2.24) is 19.7 Å². The van der Waals surface area contributed by atoms with Crippen LogP contribution in [0.3, 0.4) is 0 Å². The molecular formula is C32H38F2N4O5. The molecule has 0 spiro atoms. The number of Topliss-reactive ketones (excluding diaryl/α,β-unsaturated/α-hetero) is 1. The van der Waals surface area contributed by atoms with Crippen molar-refractivity contribution >= 4 is 11.7 Å². The Morgan fingerprint density at radius 1 is 1.09 bits per heavy atom. The molecule has 1 aromatic heterocycles. The molecule has 1 amide bonds. The van der Waals surface area contributed by atoms with Gasteiger partial charge in [0.25, 0.3) is 0 Å². The fourth-order valence-corrected chi connectivity index (χ4v) is 5.88. The standard InChI is InChI=1S/C32H38F2N4O5/c1-3-37-18-24(31(43-37)23-9-10-27(33)28(34)16-23)15-26(40)17-29-21(2)32(35-38(29)25-7-5-4-6-8-25)42-20-22-11-13-36(14-12-22)30(41)19-39/h4-10,16,22,24,31,39H,3,11-15,17-20H2,1-2H3/t24-,31+/m1/s1. The van der Waals surface area contributed by atoms with Crippen LogP contribution in [0.15, 0.2) is 48.5 Å². The number of rotatable bonds is 11. The summed E-state index contributed by atoms with van der Waals surface area (Å²) in [6.45, 7) is 6.05. The molecule has 2 saturated heterocycles. The van der Waals surface area contributed by atoms with Crippen LogP contribution in [0.5, 0.6) is 5.88 Å². The number of benzene rings is 2. The monoisotopic (exact) mass is 596 g/mol. The first-order valence-corrected chi connectivity index (χ1v) is 14.8. The molecule has 0 radical (unpaired) electrons. The van der Waals surface area contributed by atoms with Gasteiger partial charge in [0.15, 0.2) is 11.6 Å². The average molecular weight is 597 g/mol. The van der Waals surface area contributed by atoms with Crippen molar-refractivity contribution in [3.8, 4) is 11.6 Å². The van der Waals surface area contributed by atoms with Crippen molar-refractivity contribution < 1.29 is 33.1 Å². The van der Waals surface area contributed by atoms with E-state index in [1.165, 1.54) is 6.07 Å². The lowest BCUT2D eigenvalue weighted by Crippen LogP contribution is -2.41. The van der Waals surface area contributed by atoms with Gasteiger partial charge >= 0.3 is 0 Å². The average Bonchev–Trinajstić information content (AvgIpc) is 3.57. The van der Waals surface area contributed by atoms with Gasteiger partial charge in [0.1, 0.15) is 18.5 Å². The molecule has 3 aromatic rings. The molecule has 0 unspecified atom stereocenters. The van der Waals surface area contributed by atoms with E-state index >= 15 is 0 Å². The number of carbonyl (C=O) groups is 2. The molecule has 2 fully saturated rings. The summed E-state index contributed by atoms with van der Waals surface area (Å²) in [6, 6.07) is 13.3. The van der Waals surface area contributed by atoms with Gasteiger partial charge in [-0.3, -0.25) is 14.4 Å². The summed E-state index contributed by atoms with van der Waals surface area (Å²) in [6.07, 6.45) is 1.30. The maximum Gasteiger partial charge on any atom is 0.248 e. The van der Waals surface area contributed by atoms with Crippen molar-refractivity contribution in [3.63, 3.8) is 0 Å². The second-order valence-corrected chi connectivity index (χ2v) is 11.3. The van der Waals surface area contributed by atoms with Crippen LogP contribution in [0.4, 0.5) is 8.78 Å². The number of hydroxylamine groups is 2. The van der Waals surface area contributed by atoms with Gasteiger partial charge in [0, 0.05) is 50.5 Å². The van der Waals surface area contributed by atoms with Gasteiger partial charge in [0.2, 0.25) is 11.8 Å². The molecule has 43 heavy (non-hydrogen) atoms. The van der Waals surface area contributed by atoms with E-state index in [2.05, 4.69) is 0 Å². The fourth-order valence-electron chi connectivity index (χ4n) is 5.88. The zero-order valence-corrected chi connectivity index (χ0v) is 24.5. The van der Waals surface area contributed by atoms with Crippen LogP contribution in [-0.2, 0) is 20.8 Å². The number of ether oxygens (including phenoxy) is 1. The quantitative estimate of drug-likeness (QED) is 0.355. The number of carbonyl (C=O) groups excluding carboxylic acids is 2. The number of piperidine rings is 1. The van der Waals surface area contributed by atoms with Crippen molar-refractivity contribution in [2.24, 2.45) is 11.8 Å². The van der Waals surface area contributed by atoms with Crippen molar-refractivity contribution in [1.29, 1.82) is 0 Å². The minimum Gasteiger partial charge on any atom is -0.476 e. The van der Waals surface area contributed by atoms with E-state index in [0.717, 1.165) is 41.9 Å². The Kier molecular flexibility index (Phi) is 9.84. The normalized spacial score (nSPS) is 19.6. The highest BCUT2D eigenvalue weighted by molar-refractivity contribution is 5.81. The number of amides is 1. The van der Waals surface area contributed by atoms with E-state index in [1.54, 1.807) is 14.6 Å². The summed E-state index contributed by atoms with van der Waals surface area (Å²) in [4.78, 5) is 33.0. The Morgan fingerprint density at radius 2 is 1.84 bits per heavy atom. The molecular weight excluding hydrogens is 558 g/mol. The van der Waals surface area contributed by atoms with Gasteiger partial charge in [-0.25, -0.2) is 13.5 Å². The van der Waals surface area contributed by atoms with Crippen LogP contribution in [0.25, 0.3) is 5.69 Å². The first-order valence-electron chi connectivity index (χ1n) is 14.8. The Balaban J connectivity index is 1.30. The molecule has 5 rings (SSSR count). The number of nitrogens with zero attached hydrogens (tertiary/aromatic N) is 4. The Labute approximate surface area is 249 Å². The maximum atomic E-state index is 14.0. The number of aromatic nitrogens is 2. The molecule has 11 heteroatoms. The molecule has 0 bridgehead atoms. The molecule has 2 aliphatic heterocycles. The van der Waals surface area contributed by atoms with Crippen LogP contribution in [0, 0.1) is 30.4 Å². The second kappa shape index (κ2) is 13.7. The van der Waals surface area contributed by atoms with Crippen LogP contribution in [0.2, 0.25) is 0 Å². The zero-order valence-electron chi connectivity index (χ0n) is 24.5. The largest absolute Gasteiger partial charge is 0.476 e. The third-order valence-electron chi connectivity index (χ3n) is 8.37.